The summed E-state index contributed by atoms with van der Waals surface area (Å²) in [6.07, 6.45) is 5.38. The summed E-state index contributed by atoms with van der Waals surface area (Å²) in [6.45, 7) is 1.98. The number of carbonyl (C=O) groups excluding carboxylic acids is 2. The van der Waals surface area contributed by atoms with Gasteiger partial charge in [0.1, 0.15) is 0 Å². The first-order chi connectivity index (χ1) is 12.2. The quantitative estimate of drug-likeness (QED) is 0.807. The number of hydrogen-bond donors (Lipinski definition) is 1. The molecule has 2 aliphatic rings. The van der Waals surface area contributed by atoms with Gasteiger partial charge >= 0.3 is 0 Å². The third-order valence-corrected chi connectivity index (χ3v) is 5.40. The van der Waals surface area contributed by atoms with Crippen molar-refractivity contribution in [2.75, 3.05) is 31.7 Å². The van der Waals surface area contributed by atoms with Gasteiger partial charge in [-0.1, -0.05) is 31.0 Å². The SMILES string of the molecule is COCCCNC(=O)C1CCCCC1C(=O)N1CCc2ccccc21. The summed E-state index contributed by atoms with van der Waals surface area (Å²) < 4.78 is 5.02. The lowest BCUT2D eigenvalue weighted by Crippen LogP contribution is -2.45. The van der Waals surface area contributed by atoms with Crippen LogP contribution in [0, 0.1) is 11.8 Å². The molecule has 1 saturated carbocycles. The van der Waals surface area contributed by atoms with Gasteiger partial charge in [0.15, 0.2) is 0 Å². The molecule has 1 aliphatic heterocycles. The van der Waals surface area contributed by atoms with Crippen LogP contribution in [0.3, 0.4) is 0 Å². The van der Waals surface area contributed by atoms with Crippen molar-refractivity contribution >= 4 is 17.5 Å². The van der Waals surface area contributed by atoms with Gasteiger partial charge in [-0.3, -0.25) is 9.59 Å². The van der Waals surface area contributed by atoms with Gasteiger partial charge in [-0.25, -0.2) is 0 Å². The third-order valence-electron chi connectivity index (χ3n) is 5.40. The van der Waals surface area contributed by atoms with Gasteiger partial charge in [-0.05, 0) is 37.3 Å². The van der Waals surface area contributed by atoms with E-state index in [2.05, 4.69) is 11.4 Å². The van der Waals surface area contributed by atoms with Crippen LogP contribution < -0.4 is 10.2 Å². The Labute approximate surface area is 149 Å². The number of ether oxygens (including phenoxy) is 1. The van der Waals surface area contributed by atoms with E-state index in [1.54, 1.807) is 7.11 Å². The van der Waals surface area contributed by atoms with Crippen LogP contribution in [0.2, 0.25) is 0 Å². The number of amides is 2. The number of anilines is 1. The minimum absolute atomic E-state index is 0.0293. The van der Waals surface area contributed by atoms with E-state index in [1.807, 2.05) is 23.1 Å². The number of benzene rings is 1. The Hall–Kier alpha value is -1.88. The molecule has 25 heavy (non-hydrogen) atoms. The summed E-state index contributed by atoms with van der Waals surface area (Å²) in [5.74, 6) is -0.234. The molecule has 3 rings (SSSR count). The Bertz CT molecular complexity index is 617. The minimum Gasteiger partial charge on any atom is -0.385 e. The molecule has 1 N–H and O–H groups in total. The Morgan fingerprint density at radius 2 is 1.96 bits per heavy atom. The van der Waals surface area contributed by atoms with E-state index in [9.17, 15) is 9.59 Å². The van der Waals surface area contributed by atoms with Gasteiger partial charge in [0, 0.05) is 38.4 Å². The van der Waals surface area contributed by atoms with Crippen LogP contribution in [-0.2, 0) is 20.7 Å². The topological polar surface area (TPSA) is 58.6 Å². The normalized spacial score (nSPS) is 22.5. The van der Waals surface area contributed by atoms with Crippen LogP contribution in [0.15, 0.2) is 24.3 Å². The van der Waals surface area contributed by atoms with Crippen molar-refractivity contribution in [3.05, 3.63) is 29.8 Å². The van der Waals surface area contributed by atoms with E-state index in [0.29, 0.717) is 13.2 Å². The van der Waals surface area contributed by atoms with Crippen molar-refractivity contribution in [1.29, 1.82) is 0 Å². The predicted molar refractivity (Wildman–Crippen MR) is 97.4 cm³/mol. The number of carbonyl (C=O) groups is 2. The van der Waals surface area contributed by atoms with E-state index < -0.39 is 0 Å². The maximum atomic E-state index is 13.2. The molecular formula is C20H28N2O3. The number of fused-ring (bicyclic) bond motifs is 1. The van der Waals surface area contributed by atoms with Crippen LogP contribution >= 0.6 is 0 Å². The summed E-state index contributed by atoms with van der Waals surface area (Å²) in [5, 5.41) is 2.99. The Morgan fingerprint density at radius 1 is 1.20 bits per heavy atom. The van der Waals surface area contributed by atoms with Gasteiger partial charge in [0.2, 0.25) is 11.8 Å². The van der Waals surface area contributed by atoms with Gasteiger partial charge in [-0.2, -0.15) is 0 Å². The fraction of sp³-hybridized carbons (Fsp3) is 0.600. The summed E-state index contributed by atoms with van der Waals surface area (Å²) in [6, 6.07) is 8.10. The van der Waals surface area contributed by atoms with Gasteiger partial charge in [-0.15, -0.1) is 0 Å². The number of rotatable bonds is 6. The van der Waals surface area contributed by atoms with Gasteiger partial charge in [0.05, 0.1) is 5.92 Å². The highest BCUT2D eigenvalue weighted by Gasteiger charge is 2.39. The summed E-state index contributed by atoms with van der Waals surface area (Å²) in [4.78, 5) is 27.7. The number of methoxy groups -OCH3 is 1. The van der Waals surface area contributed by atoms with Crippen molar-refractivity contribution in [3.8, 4) is 0 Å². The van der Waals surface area contributed by atoms with E-state index in [0.717, 1.165) is 50.8 Å². The molecule has 1 heterocycles. The molecule has 2 unspecified atom stereocenters. The maximum Gasteiger partial charge on any atom is 0.230 e. The van der Waals surface area contributed by atoms with Crippen molar-refractivity contribution in [2.24, 2.45) is 11.8 Å². The second-order valence-corrected chi connectivity index (χ2v) is 7.00. The van der Waals surface area contributed by atoms with Crippen LogP contribution in [0.25, 0.3) is 0 Å². The number of hydrogen-bond acceptors (Lipinski definition) is 3. The van der Waals surface area contributed by atoms with Crippen LogP contribution in [0.4, 0.5) is 5.69 Å². The molecule has 1 aliphatic carbocycles. The van der Waals surface area contributed by atoms with E-state index >= 15 is 0 Å². The zero-order valence-electron chi connectivity index (χ0n) is 15.0. The number of para-hydroxylation sites is 1. The molecule has 2 amide bonds. The van der Waals surface area contributed by atoms with E-state index in [1.165, 1.54) is 5.56 Å². The molecule has 0 bridgehead atoms. The fourth-order valence-corrected chi connectivity index (χ4v) is 4.07. The highest BCUT2D eigenvalue weighted by atomic mass is 16.5. The molecule has 1 fully saturated rings. The van der Waals surface area contributed by atoms with E-state index in [-0.39, 0.29) is 23.7 Å². The number of nitrogens with zero attached hydrogens (tertiary/aromatic N) is 1. The van der Waals surface area contributed by atoms with Gasteiger partial charge < -0.3 is 15.0 Å². The Morgan fingerprint density at radius 3 is 2.76 bits per heavy atom. The molecule has 5 nitrogen and oxygen atoms in total. The smallest absolute Gasteiger partial charge is 0.230 e. The highest BCUT2D eigenvalue weighted by molar-refractivity contribution is 5.99. The number of nitrogens with one attached hydrogen (secondary N) is 1. The van der Waals surface area contributed by atoms with Crippen molar-refractivity contribution in [3.63, 3.8) is 0 Å². The van der Waals surface area contributed by atoms with Crippen LogP contribution in [0.5, 0.6) is 0 Å². The first-order valence-corrected chi connectivity index (χ1v) is 9.38. The second-order valence-electron chi connectivity index (χ2n) is 7.00. The predicted octanol–water partition coefficient (Wildman–Crippen LogP) is 2.53. The maximum absolute atomic E-state index is 13.2. The molecule has 136 valence electrons. The summed E-state index contributed by atoms with van der Waals surface area (Å²) in [7, 11) is 1.66. The average Bonchev–Trinajstić information content (AvgIpc) is 3.08. The molecule has 0 radical (unpaired) electrons. The van der Waals surface area contributed by atoms with Crippen LogP contribution in [0.1, 0.15) is 37.7 Å². The monoisotopic (exact) mass is 344 g/mol. The first-order valence-electron chi connectivity index (χ1n) is 9.38. The molecule has 1 aromatic rings. The van der Waals surface area contributed by atoms with Crippen molar-refractivity contribution in [2.45, 2.75) is 38.5 Å². The molecule has 0 spiro atoms. The second kappa shape index (κ2) is 8.48. The zero-order valence-corrected chi connectivity index (χ0v) is 15.0. The van der Waals surface area contributed by atoms with Crippen molar-refractivity contribution in [1.82, 2.24) is 5.32 Å². The Kier molecular flexibility index (Phi) is 6.08. The Balaban J connectivity index is 1.66. The lowest BCUT2D eigenvalue weighted by molar-refractivity contribution is -0.135. The largest absolute Gasteiger partial charge is 0.385 e. The lowest BCUT2D eigenvalue weighted by atomic mass is 9.77. The van der Waals surface area contributed by atoms with Crippen molar-refractivity contribution < 1.29 is 14.3 Å². The zero-order chi connectivity index (χ0) is 17.6. The molecule has 0 saturated heterocycles. The minimum atomic E-state index is -0.198. The average molecular weight is 344 g/mol. The highest BCUT2D eigenvalue weighted by Crippen LogP contribution is 2.35. The molecule has 1 aromatic carbocycles. The molecule has 5 heteroatoms. The summed E-state index contributed by atoms with van der Waals surface area (Å²) >= 11 is 0. The first kappa shape index (κ1) is 17.9. The molecule has 2 atom stereocenters. The molecular weight excluding hydrogens is 316 g/mol. The fourth-order valence-electron chi connectivity index (χ4n) is 4.07. The van der Waals surface area contributed by atoms with Gasteiger partial charge in [0.25, 0.3) is 0 Å². The lowest BCUT2D eigenvalue weighted by Gasteiger charge is -2.32. The van der Waals surface area contributed by atoms with Crippen LogP contribution in [-0.4, -0.2) is 38.6 Å². The third kappa shape index (κ3) is 4.03. The summed E-state index contributed by atoms with van der Waals surface area (Å²) in [5.41, 5.74) is 2.25. The van der Waals surface area contributed by atoms with E-state index in [4.69, 9.17) is 4.74 Å². The standard InChI is InChI=1S/C20H28N2O3/c1-25-14-6-12-21-19(23)16-8-3-4-9-17(16)20(24)22-13-11-15-7-2-5-10-18(15)22/h2,5,7,10,16-17H,3-4,6,8-9,11-14H2,1H3,(H,21,23). The molecule has 0 aromatic heterocycles.